The minimum Gasteiger partial charge on any atom is -0.361 e. The summed E-state index contributed by atoms with van der Waals surface area (Å²) in [6.45, 7) is 7.73. The summed E-state index contributed by atoms with van der Waals surface area (Å²) < 4.78 is 0. The molecule has 0 bridgehead atoms. The fourth-order valence-corrected chi connectivity index (χ4v) is 3.00. The average Bonchev–Trinajstić information content (AvgIpc) is 2.49. The Labute approximate surface area is 131 Å². The van der Waals surface area contributed by atoms with Crippen LogP contribution in [0.15, 0.2) is 18.2 Å². The molecule has 120 valence electrons. The molecule has 1 fully saturated rings. The summed E-state index contributed by atoms with van der Waals surface area (Å²) in [6.07, 6.45) is 2.18. The number of benzene rings is 1. The molecule has 1 aromatic carbocycles. The van der Waals surface area contributed by atoms with Crippen molar-refractivity contribution in [3.63, 3.8) is 0 Å². The van der Waals surface area contributed by atoms with E-state index in [4.69, 9.17) is 5.73 Å². The molecule has 0 aliphatic carbocycles. The third-order valence-electron chi connectivity index (χ3n) is 4.28. The van der Waals surface area contributed by atoms with Crippen LogP contribution < -0.4 is 11.1 Å². The van der Waals surface area contributed by atoms with Crippen LogP contribution in [-0.2, 0) is 16.1 Å². The largest absolute Gasteiger partial charge is 0.361 e. The Morgan fingerprint density at radius 3 is 2.86 bits per heavy atom. The number of likely N-dealkylation sites (tertiary alicyclic amines) is 1. The van der Waals surface area contributed by atoms with Crippen LogP contribution in [0.4, 0.5) is 0 Å². The number of rotatable bonds is 4. The zero-order valence-electron chi connectivity index (χ0n) is 13.4. The second-order valence-corrected chi connectivity index (χ2v) is 6.25. The first kappa shape index (κ1) is 16.5. The number of primary amides is 1. The van der Waals surface area contributed by atoms with Crippen molar-refractivity contribution in [2.24, 2.45) is 11.7 Å². The van der Waals surface area contributed by atoms with Gasteiger partial charge in [-0.1, -0.05) is 23.8 Å². The molecular weight excluding hydrogens is 278 g/mol. The van der Waals surface area contributed by atoms with E-state index < -0.39 is 11.8 Å². The first-order valence-corrected chi connectivity index (χ1v) is 7.82. The smallest absolute Gasteiger partial charge is 0.309 e. The molecule has 2 rings (SSSR count). The van der Waals surface area contributed by atoms with Gasteiger partial charge >= 0.3 is 11.8 Å². The summed E-state index contributed by atoms with van der Waals surface area (Å²) in [5.74, 6) is -1.23. The van der Waals surface area contributed by atoms with Gasteiger partial charge in [0, 0.05) is 19.6 Å². The Kier molecular flexibility index (Phi) is 5.55. The minimum atomic E-state index is -0.914. The maximum absolute atomic E-state index is 11.2. The monoisotopic (exact) mass is 303 g/mol. The molecule has 5 heteroatoms. The second kappa shape index (κ2) is 7.40. The van der Waals surface area contributed by atoms with Crippen LogP contribution in [0.5, 0.6) is 0 Å². The predicted molar refractivity (Wildman–Crippen MR) is 86.1 cm³/mol. The molecule has 1 heterocycles. The lowest BCUT2D eigenvalue weighted by Crippen LogP contribution is -2.43. The van der Waals surface area contributed by atoms with E-state index in [1.54, 1.807) is 0 Å². The van der Waals surface area contributed by atoms with Crippen LogP contribution in [0.3, 0.4) is 0 Å². The maximum Gasteiger partial charge on any atom is 0.309 e. The third kappa shape index (κ3) is 4.56. The molecule has 1 aliphatic rings. The molecule has 3 N–H and O–H groups in total. The highest BCUT2D eigenvalue weighted by Gasteiger charge is 2.21. The maximum atomic E-state index is 11.2. The van der Waals surface area contributed by atoms with Crippen molar-refractivity contribution >= 4 is 11.8 Å². The second-order valence-electron chi connectivity index (χ2n) is 6.25. The van der Waals surface area contributed by atoms with Gasteiger partial charge in [-0.25, -0.2) is 0 Å². The number of carbonyl (C=O) groups is 2. The van der Waals surface area contributed by atoms with Crippen molar-refractivity contribution in [2.45, 2.75) is 33.2 Å². The van der Waals surface area contributed by atoms with Crippen LogP contribution in [0.2, 0.25) is 0 Å². The van der Waals surface area contributed by atoms with Crippen molar-refractivity contribution in [1.29, 1.82) is 0 Å². The average molecular weight is 303 g/mol. The minimum absolute atomic E-state index is 0.377. The lowest BCUT2D eigenvalue weighted by atomic mass is 9.96. The van der Waals surface area contributed by atoms with Gasteiger partial charge < -0.3 is 11.1 Å². The standard InChI is InChI=1S/C17H25N3O2/c1-12-5-6-13(2)15(8-12)11-20-7-3-4-14(10-20)9-19-17(22)16(18)21/h5-6,8,14H,3-4,7,9-11H2,1-2H3,(H2,18,21)(H,19,22). The molecular formula is C17H25N3O2. The molecule has 1 unspecified atom stereocenters. The van der Waals surface area contributed by atoms with E-state index in [9.17, 15) is 9.59 Å². The predicted octanol–water partition coefficient (Wildman–Crippen LogP) is 1.12. The van der Waals surface area contributed by atoms with Crippen LogP contribution >= 0.6 is 0 Å². The topological polar surface area (TPSA) is 75.4 Å². The lowest BCUT2D eigenvalue weighted by Gasteiger charge is -2.33. The zero-order chi connectivity index (χ0) is 16.1. The first-order chi connectivity index (χ1) is 10.5. The summed E-state index contributed by atoms with van der Waals surface area (Å²) in [5, 5.41) is 2.62. The normalized spacial score (nSPS) is 18.9. The van der Waals surface area contributed by atoms with Gasteiger partial charge in [0.1, 0.15) is 0 Å². The summed E-state index contributed by atoms with van der Waals surface area (Å²) in [6, 6.07) is 6.55. The molecule has 22 heavy (non-hydrogen) atoms. The summed E-state index contributed by atoms with van der Waals surface area (Å²) in [5.41, 5.74) is 8.91. The van der Waals surface area contributed by atoms with Crippen molar-refractivity contribution < 1.29 is 9.59 Å². The van der Waals surface area contributed by atoms with Gasteiger partial charge in [-0.05, 0) is 50.3 Å². The number of hydrogen-bond donors (Lipinski definition) is 2. The molecule has 1 atom stereocenters. The molecule has 0 saturated carbocycles. The van der Waals surface area contributed by atoms with Crippen molar-refractivity contribution in [3.8, 4) is 0 Å². The van der Waals surface area contributed by atoms with Crippen LogP contribution in [-0.4, -0.2) is 36.3 Å². The Morgan fingerprint density at radius 1 is 1.36 bits per heavy atom. The Bertz CT molecular complexity index is 557. The van der Waals surface area contributed by atoms with Gasteiger partial charge in [-0.2, -0.15) is 0 Å². The number of nitrogens with zero attached hydrogens (tertiary/aromatic N) is 1. The number of nitrogens with one attached hydrogen (secondary N) is 1. The van der Waals surface area contributed by atoms with Gasteiger partial charge in [0.2, 0.25) is 0 Å². The molecule has 1 aromatic rings. The van der Waals surface area contributed by atoms with E-state index in [2.05, 4.69) is 42.3 Å². The lowest BCUT2D eigenvalue weighted by molar-refractivity contribution is -0.137. The SMILES string of the molecule is Cc1ccc(C)c(CN2CCCC(CNC(=O)C(N)=O)C2)c1. The van der Waals surface area contributed by atoms with Gasteiger partial charge in [-0.15, -0.1) is 0 Å². The number of carbonyl (C=O) groups excluding carboxylic acids is 2. The Hall–Kier alpha value is -1.88. The van der Waals surface area contributed by atoms with Crippen LogP contribution in [0.1, 0.15) is 29.5 Å². The molecule has 5 nitrogen and oxygen atoms in total. The van der Waals surface area contributed by atoms with E-state index >= 15 is 0 Å². The van der Waals surface area contributed by atoms with Gasteiger partial charge in [0.15, 0.2) is 0 Å². The van der Waals surface area contributed by atoms with Crippen molar-refractivity contribution in [3.05, 3.63) is 34.9 Å². The van der Waals surface area contributed by atoms with Gasteiger partial charge in [0.05, 0.1) is 0 Å². The van der Waals surface area contributed by atoms with Crippen molar-refractivity contribution in [1.82, 2.24) is 10.2 Å². The van der Waals surface area contributed by atoms with Gasteiger partial charge in [0.25, 0.3) is 0 Å². The Balaban J connectivity index is 1.89. The number of nitrogens with two attached hydrogens (primary N) is 1. The number of piperidine rings is 1. The van der Waals surface area contributed by atoms with E-state index in [0.717, 1.165) is 32.5 Å². The van der Waals surface area contributed by atoms with E-state index in [0.29, 0.717) is 12.5 Å². The van der Waals surface area contributed by atoms with Crippen LogP contribution in [0.25, 0.3) is 0 Å². The molecule has 0 spiro atoms. The molecule has 2 amide bonds. The van der Waals surface area contributed by atoms with Crippen LogP contribution in [0, 0.1) is 19.8 Å². The highest BCUT2D eigenvalue weighted by Crippen LogP contribution is 2.20. The first-order valence-electron chi connectivity index (χ1n) is 7.82. The zero-order valence-corrected chi connectivity index (χ0v) is 13.4. The fourth-order valence-electron chi connectivity index (χ4n) is 3.00. The highest BCUT2D eigenvalue weighted by atomic mass is 16.2. The third-order valence-corrected chi connectivity index (χ3v) is 4.28. The quantitative estimate of drug-likeness (QED) is 0.818. The fraction of sp³-hybridized carbons (Fsp3) is 0.529. The van der Waals surface area contributed by atoms with E-state index in [1.165, 1.54) is 16.7 Å². The van der Waals surface area contributed by atoms with Crippen molar-refractivity contribution in [2.75, 3.05) is 19.6 Å². The molecule has 0 aromatic heterocycles. The summed E-state index contributed by atoms with van der Waals surface area (Å²) in [4.78, 5) is 24.4. The number of amides is 2. The molecule has 1 saturated heterocycles. The molecule has 0 radical (unpaired) electrons. The van der Waals surface area contributed by atoms with E-state index in [-0.39, 0.29) is 0 Å². The summed E-state index contributed by atoms with van der Waals surface area (Å²) in [7, 11) is 0. The number of hydrogen-bond acceptors (Lipinski definition) is 3. The molecule has 1 aliphatic heterocycles. The van der Waals surface area contributed by atoms with E-state index in [1.807, 2.05) is 0 Å². The van der Waals surface area contributed by atoms with Gasteiger partial charge in [-0.3, -0.25) is 14.5 Å². The number of aryl methyl sites for hydroxylation is 2. The highest BCUT2D eigenvalue weighted by molar-refractivity contribution is 6.34. The Morgan fingerprint density at radius 2 is 2.14 bits per heavy atom. The summed E-state index contributed by atoms with van der Waals surface area (Å²) >= 11 is 0.